The molecule has 3 aromatic carbocycles. The van der Waals surface area contributed by atoms with E-state index < -0.39 is 23.4 Å². The summed E-state index contributed by atoms with van der Waals surface area (Å²) >= 11 is 6.04. The molecule has 0 radical (unpaired) electrons. The van der Waals surface area contributed by atoms with Crippen molar-refractivity contribution in [3.63, 3.8) is 0 Å². The topological polar surface area (TPSA) is 119 Å². The number of H-pyrrole nitrogens is 1. The van der Waals surface area contributed by atoms with Crippen LogP contribution in [0, 0.1) is 6.92 Å². The standard InChI is InChI=1S/C28H22ClF3N6O3/c1-16-19(6-4-7-21(16)26(39)40)14-37-25(17-9-11-20(29)12-10-17)36-38(27(37)41)15-24-33-23(34-35-24)13-18-5-2-3-8-22(18)28(30,31)32/h2-12H,13-15H2,1H3,(H,39,40)(H,33,34,35). The molecule has 0 amide bonds. The van der Waals surface area contributed by atoms with Gasteiger partial charge in [0.15, 0.2) is 11.6 Å². The Kier molecular flexibility index (Phi) is 7.50. The van der Waals surface area contributed by atoms with E-state index in [2.05, 4.69) is 20.3 Å². The maximum atomic E-state index is 13.6. The third-order valence-corrected chi connectivity index (χ3v) is 6.83. The molecule has 9 nitrogen and oxygen atoms in total. The first kappa shape index (κ1) is 27.8. The van der Waals surface area contributed by atoms with Crippen LogP contribution in [0.25, 0.3) is 11.4 Å². The number of aromatic nitrogens is 6. The number of nitrogens with zero attached hydrogens (tertiary/aromatic N) is 5. The number of rotatable bonds is 8. The van der Waals surface area contributed by atoms with Gasteiger partial charge in [0.05, 0.1) is 17.7 Å². The summed E-state index contributed by atoms with van der Waals surface area (Å²) in [5.41, 5.74) is 0.604. The van der Waals surface area contributed by atoms with Crippen molar-refractivity contribution in [1.82, 2.24) is 29.5 Å². The minimum absolute atomic E-state index is 0.0241. The van der Waals surface area contributed by atoms with Crippen LogP contribution in [-0.2, 0) is 25.7 Å². The maximum Gasteiger partial charge on any atom is 0.416 e. The Balaban J connectivity index is 1.48. The number of halogens is 4. The van der Waals surface area contributed by atoms with Crippen molar-refractivity contribution in [3.05, 3.63) is 122 Å². The third-order valence-electron chi connectivity index (χ3n) is 6.58. The van der Waals surface area contributed by atoms with Gasteiger partial charge in [-0.3, -0.25) is 9.67 Å². The number of alkyl halides is 3. The summed E-state index contributed by atoms with van der Waals surface area (Å²) in [5.74, 6) is -0.416. The summed E-state index contributed by atoms with van der Waals surface area (Å²) in [5, 5.41) is 21.2. The van der Waals surface area contributed by atoms with Gasteiger partial charge in [0.25, 0.3) is 0 Å². The number of aromatic amines is 1. The fraction of sp³-hybridized carbons (Fsp3) is 0.179. The highest BCUT2D eigenvalue weighted by Crippen LogP contribution is 2.32. The molecule has 0 unspecified atom stereocenters. The summed E-state index contributed by atoms with van der Waals surface area (Å²) in [4.78, 5) is 29.5. The SMILES string of the molecule is Cc1c(Cn2c(-c3ccc(Cl)cc3)nn(Cc3nc(Cc4ccccc4C(F)(F)F)n[nH]3)c2=O)cccc1C(=O)O. The van der Waals surface area contributed by atoms with Crippen LogP contribution in [0.3, 0.4) is 0 Å². The molecule has 5 rings (SSSR count). The summed E-state index contributed by atoms with van der Waals surface area (Å²) in [7, 11) is 0. The Labute approximate surface area is 235 Å². The first-order valence-electron chi connectivity index (χ1n) is 12.3. The Morgan fingerprint density at radius 2 is 1.71 bits per heavy atom. The molecule has 0 saturated heterocycles. The van der Waals surface area contributed by atoms with Crippen LogP contribution in [0.4, 0.5) is 13.2 Å². The van der Waals surface area contributed by atoms with Crippen molar-refractivity contribution >= 4 is 17.6 Å². The molecule has 210 valence electrons. The van der Waals surface area contributed by atoms with Crippen molar-refractivity contribution in [3.8, 4) is 11.4 Å². The van der Waals surface area contributed by atoms with E-state index in [1.54, 1.807) is 43.3 Å². The number of nitrogens with one attached hydrogen (secondary N) is 1. The van der Waals surface area contributed by atoms with Crippen molar-refractivity contribution in [2.75, 3.05) is 0 Å². The van der Waals surface area contributed by atoms with Gasteiger partial charge in [0.2, 0.25) is 0 Å². The smallest absolute Gasteiger partial charge is 0.416 e. The lowest BCUT2D eigenvalue weighted by Gasteiger charge is -2.11. The lowest BCUT2D eigenvalue weighted by Crippen LogP contribution is -2.26. The minimum Gasteiger partial charge on any atom is -0.478 e. The van der Waals surface area contributed by atoms with E-state index in [4.69, 9.17) is 11.6 Å². The normalized spacial score (nSPS) is 11.6. The minimum atomic E-state index is -4.52. The van der Waals surface area contributed by atoms with E-state index >= 15 is 0 Å². The molecule has 0 aliphatic rings. The van der Waals surface area contributed by atoms with Crippen molar-refractivity contribution in [2.45, 2.75) is 32.6 Å². The Hall–Kier alpha value is -4.71. The zero-order chi connectivity index (χ0) is 29.3. The monoisotopic (exact) mass is 582 g/mol. The lowest BCUT2D eigenvalue weighted by atomic mass is 10.0. The average molecular weight is 583 g/mol. The summed E-state index contributed by atoms with van der Waals surface area (Å²) in [6.07, 6.45) is -4.68. The van der Waals surface area contributed by atoms with Crippen molar-refractivity contribution < 1.29 is 23.1 Å². The van der Waals surface area contributed by atoms with Crippen LogP contribution in [0.1, 0.15) is 44.3 Å². The maximum absolute atomic E-state index is 13.6. The molecule has 2 heterocycles. The fourth-order valence-corrected chi connectivity index (χ4v) is 4.63. The number of carboxylic acid groups (broad SMARTS) is 1. The Morgan fingerprint density at radius 1 is 1.00 bits per heavy atom. The number of benzene rings is 3. The number of hydrogen-bond donors (Lipinski definition) is 2. The van der Waals surface area contributed by atoms with Crippen LogP contribution in [0.2, 0.25) is 5.02 Å². The highest BCUT2D eigenvalue weighted by molar-refractivity contribution is 6.30. The van der Waals surface area contributed by atoms with E-state index in [0.29, 0.717) is 27.5 Å². The molecular formula is C28H22ClF3N6O3. The van der Waals surface area contributed by atoms with E-state index in [0.717, 1.165) is 10.7 Å². The number of carboxylic acids is 1. The summed E-state index contributed by atoms with van der Waals surface area (Å²) in [6.45, 7) is 1.58. The van der Waals surface area contributed by atoms with Gasteiger partial charge < -0.3 is 5.11 Å². The van der Waals surface area contributed by atoms with Crippen LogP contribution >= 0.6 is 11.6 Å². The summed E-state index contributed by atoms with van der Waals surface area (Å²) < 4.78 is 42.8. The van der Waals surface area contributed by atoms with Gasteiger partial charge in [-0.15, -0.1) is 5.10 Å². The van der Waals surface area contributed by atoms with Gasteiger partial charge in [-0.25, -0.2) is 19.3 Å². The first-order valence-corrected chi connectivity index (χ1v) is 12.7. The van der Waals surface area contributed by atoms with E-state index in [9.17, 15) is 27.9 Å². The highest BCUT2D eigenvalue weighted by atomic mass is 35.5. The van der Waals surface area contributed by atoms with Crippen LogP contribution < -0.4 is 5.69 Å². The number of hydrogen-bond acceptors (Lipinski definition) is 5. The Bertz CT molecular complexity index is 1790. The molecule has 0 fully saturated rings. The molecule has 41 heavy (non-hydrogen) atoms. The molecule has 0 bridgehead atoms. The molecule has 0 atom stereocenters. The average Bonchev–Trinajstić information content (AvgIpc) is 3.49. The first-order chi connectivity index (χ1) is 19.5. The molecule has 2 N–H and O–H groups in total. The fourth-order valence-electron chi connectivity index (χ4n) is 4.50. The molecule has 13 heteroatoms. The van der Waals surface area contributed by atoms with Gasteiger partial charge in [-0.1, -0.05) is 41.9 Å². The van der Waals surface area contributed by atoms with Gasteiger partial charge in [0.1, 0.15) is 12.4 Å². The number of carbonyl (C=O) groups is 1. The molecule has 5 aromatic rings. The van der Waals surface area contributed by atoms with E-state index in [1.165, 1.54) is 28.8 Å². The highest BCUT2D eigenvalue weighted by Gasteiger charge is 2.33. The molecule has 0 saturated carbocycles. The predicted molar refractivity (Wildman–Crippen MR) is 144 cm³/mol. The molecule has 2 aromatic heterocycles. The van der Waals surface area contributed by atoms with Crippen molar-refractivity contribution in [2.24, 2.45) is 0 Å². The van der Waals surface area contributed by atoms with E-state index in [1.807, 2.05) is 0 Å². The van der Waals surface area contributed by atoms with Gasteiger partial charge in [-0.05, 0) is 60.0 Å². The van der Waals surface area contributed by atoms with Gasteiger partial charge >= 0.3 is 17.8 Å². The molecule has 0 aliphatic heterocycles. The van der Waals surface area contributed by atoms with Gasteiger partial charge in [-0.2, -0.15) is 18.3 Å². The van der Waals surface area contributed by atoms with Gasteiger partial charge in [0, 0.05) is 17.0 Å². The zero-order valence-corrected chi connectivity index (χ0v) is 22.2. The zero-order valence-electron chi connectivity index (χ0n) is 21.5. The second-order valence-electron chi connectivity index (χ2n) is 9.28. The van der Waals surface area contributed by atoms with E-state index in [-0.39, 0.29) is 42.3 Å². The van der Waals surface area contributed by atoms with Crippen molar-refractivity contribution in [1.29, 1.82) is 0 Å². The number of aromatic carboxylic acids is 1. The van der Waals surface area contributed by atoms with Crippen LogP contribution in [-0.4, -0.2) is 40.6 Å². The second kappa shape index (κ2) is 11.0. The third kappa shape index (κ3) is 5.92. The van der Waals surface area contributed by atoms with Crippen LogP contribution in [0.15, 0.2) is 71.5 Å². The predicted octanol–water partition coefficient (Wildman–Crippen LogP) is 5.20. The second-order valence-corrected chi connectivity index (χ2v) is 9.72. The largest absolute Gasteiger partial charge is 0.478 e. The Morgan fingerprint density at radius 3 is 2.41 bits per heavy atom. The lowest BCUT2D eigenvalue weighted by molar-refractivity contribution is -0.138. The van der Waals surface area contributed by atoms with Crippen LogP contribution in [0.5, 0.6) is 0 Å². The molecular weight excluding hydrogens is 561 g/mol. The molecule has 0 spiro atoms. The molecule has 0 aliphatic carbocycles. The summed E-state index contributed by atoms with van der Waals surface area (Å²) in [6, 6.07) is 16.7. The quantitative estimate of drug-likeness (QED) is 0.260.